The molecule has 1 atom stereocenters. The number of hydrogen-bond acceptors (Lipinski definition) is 6. The van der Waals surface area contributed by atoms with Gasteiger partial charge in [0, 0.05) is 40.5 Å². The van der Waals surface area contributed by atoms with Crippen molar-refractivity contribution in [2.75, 3.05) is 11.9 Å². The second-order valence-corrected chi connectivity index (χ2v) is 11.6. The average molecular weight is 536 g/mol. The highest BCUT2D eigenvalue weighted by atomic mass is 35.5. The topological polar surface area (TPSA) is 92.6 Å². The summed E-state index contributed by atoms with van der Waals surface area (Å²) in [6.45, 7) is 7.40. The number of rotatable bonds is 5. The molecule has 190 valence electrons. The Labute approximate surface area is 223 Å². The SMILES string of the molecule is Cc1cc2nc(-c3cnc4c(c3)CC(=O)N4C)sc2c(-c2ccc(Cl)cc2)c1[C@H](OC(C)(C)C)C(=O)O. The van der Waals surface area contributed by atoms with E-state index in [0.717, 1.165) is 43.0 Å². The van der Waals surface area contributed by atoms with E-state index < -0.39 is 17.7 Å². The largest absolute Gasteiger partial charge is 0.479 e. The van der Waals surface area contributed by atoms with Crippen molar-refractivity contribution in [1.29, 1.82) is 0 Å². The molecular formula is C28H26ClN3O4S. The number of thiazole rings is 1. The summed E-state index contributed by atoms with van der Waals surface area (Å²) in [6.07, 6.45) is 0.856. The standard InChI is InChI=1S/C28H26ClN3O4S/c1-14-10-19-24(37-26(31-19)17-11-16-12-20(33)32(5)25(16)30-13-17)22(15-6-8-18(29)9-7-15)21(14)23(27(34)35)36-28(2,3)4/h6-11,13,23H,12H2,1-5H3,(H,34,35)/t23-/m0/s1. The van der Waals surface area contributed by atoms with Gasteiger partial charge in [-0.2, -0.15) is 0 Å². The molecule has 0 bridgehead atoms. The summed E-state index contributed by atoms with van der Waals surface area (Å²) < 4.78 is 6.92. The van der Waals surface area contributed by atoms with E-state index in [-0.39, 0.29) is 5.91 Å². The number of carboxylic acid groups (broad SMARTS) is 1. The number of fused-ring (bicyclic) bond motifs is 2. The maximum Gasteiger partial charge on any atom is 0.337 e. The molecule has 3 heterocycles. The lowest BCUT2D eigenvalue weighted by Gasteiger charge is -2.28. The molecule has 0 fully saturated rings. The monoisotopic (exact) mass is 535 g/mol. The van der Waals surface area contributed by atoms with Crippen LogP contribution in [-0.4, -0.2) is 39.6 Å². The number of aromatic nitrogens is 2. The van der Waals surface area contributed by atoms with Gasteiger partial charge in [0.15, 0.2) is 6.10 Å². The van der Waals surface area contributed by atoms with Crippen molar-refractivity contribution in [2.45, 2.75) is 45.8 Å². The Bertz CT molecular complexity index is 1560. The maximum absolute atomic E-state index is 12.5. The zero-order valence-corrected chi connectivity index (χ0v) is 22.7. The molecule has 0 saturated carbocycles. The van der Waals surface area contributed by atoms with Crippen LogP contribution in [0.1, 0.15) is 43.6 Å². The van der Waals surface area contributed by atoms with Crippen molar-refractivity contribution in [3.05, 3.63) is 64.3 Å². The van der Waals surface area contributed by atoms with E-state index in [1.807, 2.05) is 52.0 Å². The molecule has 1 N–H and O–H groups in total. The van der Waals surface area contributed by atoms with Gasteiger partial charge in [0.25, 0.3) is 0 Å². The van der Waals surface area contributed by atoms with E-state index in [4.69, 9.17) is 21.3 Å². The number of nitrogens with zero attached hydrogens (tertiary/aromatic N) is 3. The van der Waals surface area contributed by atoms with E-state index in [1.54, 1.807) is 30.3 Å². The van der Waals surface area contributed by atoms with E-state index in [0.29, 0.717) is 22.8 Å². The van der Waals surface area contributed by atoms with E-state index in [9.17, 15) is 14.7 Å². The van der Waals surface area contributed by atoms with Crippen LogP contribution in [0.2, 0.25) is 5.02 Å². The first-order chi connectivity index (χ1) is 17.4. The number of carbonyl (C=O) groups excluding carboxylic acids is 1. The smallest absolute Gasteiger partial charge is 0.337 e. The highest BCUT2D eigenvalue weighted by Crippen LogP contribution is 2.44. The first-order valence-electron chi connectivity index (χ1n) is 11.8. The normalized spacial score (nSPS) is 14.3. The second-order valence-electron chi connectivity index (χ2n) is 10.1. The molecule has 5 rings (SSSR count). The number of amides is 1. The van der Waals surface area contributed by atoms with Gasteiger partial charge in [0.2, 0.25) is 5.91 Å². The number of benzene rings is 2. The number of hydrogen-bond donors (Lipinski definition) is 1. The van der Waals surface area contributed by atoms with Crippen molar-refractivity contribution in [2.24, 2.45) is 0 Å². The minimum Gasteiger partial charge on any atom is -0.479 e. The third-order valence-corrected chi connectivity index (χ3v) is 7.63. The van der Waals surface area contributed by atoms with Crippen LogP contribution < -0.4 is 4.90 Å². The summed E-state index contributed by atoms with van der Waals surface area (Å²) >= 11 is 7.64. The summed E-state index contributed by atoms with van der Waals surface area (Å²) in [6, 6.07) is 11.2. The van der Waals surface area contributed by atoms with Crippen LogP contribution in [0.5, 0.6) is 0 Å². The predicted molar refractivity (Wildman–Crippen MR) is 146 cm³/mol. The van der Waals surface area contributed by atoms with Crippen LogP contribution in [0, 0.1) is 6.92 Å². The third kappa shape index (κ3) is 4.72. The predicted octanol–water partition coefficient (Wildman–Crippen LogP) is 6.45. The maximum atomic E-state index is 12.5. The van der Waals surface area contributed by atoms with Crippen molar-refractivity contribution < 1.29 is 19.4 Å². The highest BCUT2D eigenvalue weighted by molar-refractivity contribution is 7.22. The molecule has 9 heteroatoms. The second kappa shape index (κ2) is 9.20. The van der Waals surface area contributed by atoms with Crippen LogP contribution in [0.15, 0.2) is 42.6 Å². The molecule has 1 aliphatic rings. The van der Waals surface area contributed by atoms with Gasteiger partial charge in [-0.15, -0.1) is 11.3 Å². The van der Waals surface area contributed by atoms with Gasteiger partial charge in [-0.1, -0.05) is 23.7 Å². The Morgan fingerprint density at radius 2 is 1.89 bits per heavy atom. The van der Waals surface area contributed by atoms with Crippen molar-refractivity contribution in [3.8, 4) is 21.7 Å². The lowest BCUT2D eigenvalue weighted by atomic mass is 9.91. The molecule has 7 nitrogen and oxygen atoms in total. The number of halogens is 1. The average Bonchev–Trinajstić information content (AvgIpc) is 3.36. The fourth-order valence-corrected chi connectivity index (χ4v) is 5.85. The number of aliphatic carboxylic acids is 1. The summed E-state index contributed by atoms with van der Waals surface area (Å²) in [5.41, 5.74) is 4.69. The molecule has 2 aromatic heterocycles. The van der Waals surface area contributed by atoms with Crippen LogP contribution >= 0.6 is 22.9 Å². The van der Waals surface area contributed by atoms with E-state index in [2.05, 4.69) is 4.98 Å². The molecule has 4 aromatic rings. The van der Waals surface area contributed by atoms with Crippen molar-refractivity contribution in [1.82, 2.24) is 9.97 Å². The molecule has 2 aromatic carbocycles. The van der Waals surface area contributed by atoms with Gasteiger partial charge in [-0.3, -0.25) is 9.69 Å². The van der Waals surface area contributed by atoms with Gasteiger partial charge < -0.3 is 9.84 Å². The quantitative estimate of drug-likeness (QED) is 0.316. The first kappa shape index (κ1) is 25.3. The van der Waals surface area contributed by atoms with Gasteiger partial charge in [0.1, 0.15) is 10.8 Å². The first-order valence-corrected chi connectivity index (χ1v) is 13.0. The molecule has 0 saturated heterocycles. The minimum absolute atomic E-state index is 0.00722. The van der Waals surface area contributed by atoms with E-state index in [1.165, 1.54) is 11.3 Å². The summed E-state index contributed by atoms with van der Waals surface area (Å²) in [7, 11) is 1.72. The van der Waals surface area contributed by atoms with E-state index >= 15 is 0 Å². The Morgan fingerprint density at radius 3 is 2.54 bits per heavy atom. The Morgan fingerprint density at radius 1 is 1.19 bits per heavy atom. The molecule has 0 spiro atoms. The van der Waals surface area contributed by atoms with Crippen LogP contribution in [-0.2, 0) is 20.7 Å². The van der Waals surface area contributed by atoms with Crippen molar-refractivity contribution >= 4 is 50.8 Å². The highest BCUT2D eigenvalue weighted by Gasteiger charge is 2.32. The Kier molecular flexibility index (Phi) is 6.30. The molecule has 0 aliphatic carbocycles. The number of carboxylic acids is 1. The number of anilines is 1. The number of aryl methyl sites for hydroxylation is 1. The summed E-state index contributed by atoms with van der Waals surface area (Å²) in [5.74, 6) is -0.389. The summed E-state index contributed by atoms with van der Waals surface area (Å²) in [4.78, 5) is 35.6. The zero-order chi connectivity index (χ0) is 26.6. The molecule has 0 radical (unpaired) electrons. The molecular weight excluding hydrogens is 510 g/mol. The molecule has 0 unspecified atom stereocenters. The van der Waals surface area contributed by atoms with Crippen LogP contribution in [0.3, 0.4) is 0 Å². The van der Waals surface area contributed by atoms with Crippen molar-refractivity contribution in [3.63, 3.8) is 0 Å². The van der Waals surface area contributed by atoms with Gasteiger partial charge in [0.05, 0.1) is 22.2 Å². The lowest BCUT2D eigenvalue weighted by Crippen LogP contribution is -2.28. The van der Waals surface area contributed by atoms with Gasteiger partial charge >= 0.3 is 5.97 Å². The number of likely N-dealkylation sites (N-methyl/N-ethyl adjacent to an activating group) is 1. The summed E-state index contributed by atoms with van der Waals surface area (Å²) in [5, 5.41) is 11.5. The third-order valence-electron chi connectivity index (χ3n) is 6.24. The number of pyridine rings is 1. The molecule has 37 heavy (non-hydrogen) atoms. The zero-order valence-electron chi connectivity index (χ0n) is 21.1. The Hall–Kier alpha value is -3.33. The van der Waals surface area contributed by atoms with Gasteiger partial charge in [-0.05, 0) is 63.1 Å². The fraction of sp³-hybridized carbons (Fsp3) is 0.286. The minimum atomic E-state index is -1.18. The lowest BCUT2D eigenvalue weighted by molar-refractivity contribution is -0.160. The van der Waals surface area contributed by atoms with Crippen LogP contribution in [0.25, 0.3) is 31.9 Å². The molecule has 1 amide bonds. The number of carbonyl (C=O) groups is 2. The Balaban J connectivity index is 1.75. The fourth-order valence-electron chi connectivity index (χ4n) is 4.61. The number of ether oxygens (including phenoxy) is 1. The molecule has 1 aliphatic heterocycles. The van der Waals surface area contributed by atoms with Gasteiger partial charge in [-0.25, -0.2) is 14.8 Å². The van der Waals surface area contributed by atoms with Crippen LogP contribution in [0.4, 0.5) is 5.82 Å².